The van der Waals surface area contributed by atoms with Gasteiger partial charge in [-0.3, -0.25) is 34.4 Å². The van der Waals surface area contributed by atoms with Crippen LogP contribution in [0.2, 0.25) is 0 Å². The number of hydrogen-bond acceptors (Lipinski definition) is 9. The number of pyridine rings is 1. The number of piperidine rings is 1. The van der Waals surface area contributed by atoms with Gasteiger partial charge in [-0.05, 0) is 116 Å². The van der Waals surface area contributed by atoms with E-state index in [0.29, 0.717) is 43.0 Å². The second kappa shape index (κ2) is 20.8. The van der Waals surface area contributed by atoms with Gasteiger partial charge in [0.15, 0.2) is 5.82 Å². The molecule has 12 nitrogen and oxygen atoms in total. The number of hydrogen-bond donors (Lipinski definition) is 1. The molecular formula is C57H54N8O4. The van der Waals surface area contributed by atoms with Crippen molar-refractivity contribution in [3.8, 4) is 35.1 Å². The van der Waals surface area contributed by atoms with Crippen molar-refractivity contribution in [1.29, 1.82) is 0 Å². The molecule has 0 saturated carbocycles. The van der Waals surface area contributed by atoms with E-state index < -0.39 is 11.9 Å². The molecule has 2 saturated heterocycles. The maximum atomic E-state index is 13.6. The summed E-state index contributed by atoms with van der Waals surface area (Å²) in [6.07, 6.45) is 9.67. The van der Waals surface area contributed by atoms with Crippen LogP contribution in [0, 0.1) is 23.7 Å². The Morgan fingerprint density at radius 1 is 0.739 bits per heavy atom. The van der Waals surface area contributed by atoms with Crippen molar-refractivity contribution >= 4 is 34.5 Å². The lowest BCUT2D eigenvalue weighted by Crippen LogP contribution is -2.52. The third-order valence-corrected chi connectivity index (χ3v) is 13.8. The van der Waals surface area contributed by atoms with Gasteiger partial charge in [-0.25, -0.2) is 9.97 Å². The number of amides is 4. The maximum absolute atomic E-state index is 13.6. The summed E-state index contributed by atoms with van der Waals surface area (Å²) in [6.45, 7) is 7.31. The van der Waals surface area contributed by atoms with Crippen molar-refractivity contribution < 1.29 is 19.2 Å². The fourth-order valence-corrected chi connectivity index (χ4v) is 9.68. The molecule has 69 heavy (non-hydrogen) atoms. The third-order valence-electron chi connectivity index (χ3n) is 13.8. The summed E-state index contributed by atoms with van der Waals surface area (Å²) in [5.74, 6) is 13.1. The SMILES string of the molecule is O=C1CCC(N2Cc3c(C#CCCCCN4CCN(CC#Cc5ccc(CCc6ccc(C(=O)N7CCc8cnc(-c9cnc%10ccccc%10c9)nc8C7)cc6)cc5)CC4)cccc3C2=O)C(=O)N1. The molecule has 6 aromatic rings. The minimum Gasteiger partial charge on any atom is -0.332 e. The lowest BCUT2D eigenvalue weighted by atomic mass is 10.0. The van der Waals surface area contributed by atoms with E-state index in [0.717, 1.165) is 122 Å². The number of carbonyl (C=O) groups excluding carboxylic acids is 4. The highest BCUT2D eigenvalue weighted by Gasteiger charge is 2.39. The van der Waals surface area contributed by atoms with E-state index >= 15 is 0 Å². The summed E-state index contributed by atoms with van der Waals surface area (Å²) in [4.78, 5) is 73.3. The molecule has 2 fully saturated rings. The molecule has 0 bridgehead atoms. The maximum Gasteiger partial charge on any atom is 0.255 e. The van der Waals surface area contributed by atoms with Gasteiger partial charge < -0.3 is 14.7 Å². The van der Waals surface area contributed by atoms with E-state index in [1.165, 1.54) is 11.1 Å². The fraction of sp³-hybridized carbons (Fsp3) is 0.316. The molecule has 4 aliphatic rings. The number of aromatic nitrogens is 3. The number of fused-ring (bicyclic) bond motifs is 3. The Kier molecular flexibility index (Phi) is 13.6. The number of benzene rings is 4. The van der Waals surface area contributed by atoms with Gasteiger partial charge in [-0.2, -0.15) is 0 Å². The number of unbranched alkanes of at least 4 members (excludes halogenated alkanes) is 2. The highest BCUT2D eigenvalue weighted by Crippen LogP contribution is 2.30. The highest BCUT2D eigenvalue weighted by molar-refractivity contribution is 6.05. The van der Waals surface area contributed by atoms with Crippen LogP contribution in [0.3, 0.4) is 0 Å². The van der Waals surface area contributed by atoms with Crippen molar-refractivity contribution in [3.63, 3.8) is 0 Å². The quantitative estimate of drug-likeness (QED) is 0.0865. The molecule has 12 heteroatoms. The predicted molar refractivity (Wildman–Crippen MR) is 264 cm³/mol. The summed E-state index contributed by atoms with van der Waals surface area (Å²) >= 11 is 0. The highest BCUT2D eigenvalue weighted by atomic mass is 16.2. The van der Waals surface area contributed by atoms with Crippen molar-refractivity contribution in [2.75, 3.05) is 45.8 Å². The second-order valence-corrected chi connectivity index (χ2v) is 18.4. The smallest absolute Gasteiger partial charge is 0.255 e. The summed E-state index contributed by atoms with van der Waals surface area (Å²) in [7, 11) is 0. The van der Waals surface area contributed by atoms with Crippen LogP contribution in [-0.2, 0) is 41.9 Å². The Morgan fingerprint density at radius 2 is 1.52 bits per heavy atom. The third kappa shape index (κ3) is 10.6. The lowest BCUT2D eigenvalue weighted by molar-refractivity contribution is -0.136. The number of rotatable bonds is 11. The molecule has 0 radical (unpaired) electrons. The van der Waals surface area contributed by atoms with Gasteiger partial charge in [0, 0.05) is 97.7 Å². The zero-order chi connectivity index (χ0) is 47.1. The van der Waals surface area contributed by atoms with Gasteiger partial charge in [0.25, 0.3) is 11.8 Å². The largest absolute Gasteiger partial charge is 0.332 e. The number of imide groups is 1. The minimum atomic E-state index is -0.626. The summed E-state index contributed by atoms with van der Waals surface area (Å²) < 4.78 is 0. The van der Waals surface area contributed by atoms with Crippen molar-refractivity contribution in [1.82, 2.24) is 39.9 Å². The van der Waals surface area contributed by atoms with Gasteiger partial charge in [0.2, 0.25) is 11.8 Å². The zero-order valence-electron chi connectivity index (χ0n) is 38.8. The van der Waals surface area contributed by atoms with Gasteiger partial charge in [0.05, 0.1) is 24.3 Å². The van der Waals surface area contributed by atoms with E-state index in [1.807, 2.05) is 65.8 Å². The van der Waals surface area contributed by atoms with E-state index in [4.69, 9.17) is 4.98 Å². The van der Waals surface area contributed by atoms with Gasteiger partial charge in [-0.15, -0.1) is 0 Å². The number of nitrogens with zero attached hydrogens (tertiary/aromatic N) is 7. The minimum absolute atomic E-state index is 0.0172. The van der Waals surface area contributed by atoms with Crippen molar-refractivity contribution in [3.05, 3.63) is 160 Å². The molecule has 0 spiro atoms. The van der Waals surface area contributed by atoms with Gasteiger partial charge in [-0.1, -0.05) is 72.2 Å². The van der Waals surface area contributed by atoms with Crippen LogP contribution in [0.1, 0.15) is 91.9 Å². The first-order valence-electron chi connectivity index (χ1n) is 24.2. The first-order valence-corrected chi connectivity index (χ1v) is 24.2. The molecule has 4 amide bonds. The summed E-state index contributed by atoms with van der Waals surface area (Å²) in [5, 5.41) is 3.40. The number of carbonyl (C=O) groups is 4. The average Bonchev–Trinajstić information content (AvgIpc) is 3.72. The van der Waals surface area contributed by atoms with E-state index in [1.54, 1.807) is 11.0 Å². The Hall–Kier alpha value is -7.51. The van der Waals surface area contributed by atoms with Gasteiger partial charge in [0.1, 0.15) is 6.04 Å². The van der Waals surface area contributed by atoms with E-state index in [2.05, 4.69) is 91.2 Å². The zero-order valence-corrected chi connectivity index (χ0v) is 38.8. The number of nitrogens with one attached hydrogen (secondary N) is 1. The molecule has 0 aliphatic carbocycles. The molecular weight excluding hydrogens is 861 g/mol. The van der Waals surface area contributed by atoms with Crippen LogP contribution in [0.5, 0.6) is 0 Å². The predicted octanol–water partition coefficient (Wildman–Crippen LogP) is 6.63. The van der Waals surface area contributed by atoms with Crippen molar-refractivity contribution in [2.24, 2.45) is 0 Å². The number of piperazine rings is 1. The van der Waals surface area contributed by atoms with E-state index in [-0.39, 0.29) is 24.1 Å². The standard InChI is InChI=1S/C57H54N8O4/c66-53-26-25-52(55(67)61-53)65-38-49-43(12-7-13-48(49)57(65)69)10-3-1-2-6-28-62-31-33-63(34-32-62)29-8-9-40-15-17-41(18-16-40)19-20-42-21-23-44(24-22-42)56(68)64-30-27-46-36-59-54(60-51(46)39-64)47-35-45-11-4-5-14-50(45)58-37-47/h4-5,7,11-18,21-24,35-37,52H,1-2,6,19-20,25-34,38-39H2,(H,61,66,67). The summed E-state index contributed by atoms with van der Waals surface area (Å²) in [5.41, 5.74) is 10.2. The fourth-order valence-electron chi connectivity index (χ4n) is 9.68. The molecule has 4 aromatic carbocycles. The Balaban J connectivity index is 0.619. The molecule has 10 rings (SSSR count). The molecule has 4 aliphatic heterocycles. The van der Waals surface area contributed by atoms with Crippen LogP contribution in [-0.4, -0.2) is 110 Å². The number of aryl methyl sites for hydroxylation is 2. The molecule has 1 unspecified atom stereocenters. The molecule has 1 atom stereocenters. The summed E-state index contributed by atoms with van der Waals surface area (Å²) in [6, 6.07) is 31.6. The van der Waals surface area contributed by atoms with Crippen LogP contribution < -0.4 is 5.32 Å². The topological polar surface area (TPSA) is 132 Å². The van der Waals surface area contributed by atoms with Crippen LogP contribution in [0.15, 0.2) is 109 Å². The first-order chi connectivity index (χ1) is 33.8. The molecule has 6 heterocycles. The lowest BCUT2D eigenvalue weighted by Gasteiger charge is -2.33. The first kappa shape index (κ1) is 45.3. The Labute approximate surface area is 403 Å². The molecule has 346 valence electrons. The van der Waals surface area contributed by atoms with Gasteiger partial charge >= 0.3 is 0 Å². The second-order valence-electron chi connectivity index (χ2n) is 18.4. The molecule has 2 aromatic heterocycles. The van der Waals surface area contributed by atoms with Crippen LogP contribution in [0.25, 0.3) is 22.3 Å². The Bertz CT molecular complexity index is 3050. The Morgan fingerprint density at radius 3 is 2.33 bits per heavy atom. The van der Waals surface area contributed by atoms with Crippen LogP contribution in [0.4, 0.5) is 0 Å². The van der Waals surface area contributed by atoms with Crippen molar-refractivity contribution in [2.45, 2.75) is 70.5 Å². The van der Waals surface area contributed by atoms with E-state index in [9.17, 15) is 19.2 Å². The normalized spacial score (nSPS) is 17.1. The average molecular weight is 915 g/mol. The van der Waals surface area contributed by atoms with Crippen LogP contribution >= 0.6 is 0 Å². The monoisotopic (exact) mass is 914 g/mol. The molecule has 1 N–H and O–H groups in total. The number of para-hydroxylation sites is 1.